The number of carboxylic acid groups (broad SMARTS) is 1. The Labute approximate surface area is 92.8 Å². The molecule has 1 aliphatic rings. The summed E-state index contributed by atoms with van der Waals surface area (Å²) in [6.45, 7) is 2.93. The molecule has 1 fully saturated rings. The van der Waals surface area contributed by atoms with E-state index in [4.69, 9.17) is 9.84 Å². The highest BCUT2D eigenvalue weighted by molar-refractivity contribution is 5.86. The van der Waals surface area contributed by atoms with Gasteiger partial charge in [-0.2, -0.15) is 0 Å². The lowest BCUT2D eigenvalue weighted by atomic mass is 10.3. The molecule has 0 radical (unpaired) electrons. The number of nitrogens with zero attached hydrogens (tertiary/aromatic N) is 2. The van der Waals surface area contributed by atoms with Gasteiger partial charge in [0, 0.05) is 19.3 Å². The molecule has 0 atom stereocenters. The standard InChI is InChI=1S/C10H13N3O3/c14-10(15)9-7-8(1-2-11-9)12-13-3-5-16-6-4-13/h1-2,7H,3-6H2,(H,11,12)(H,14,15). The molecule has 0 amide bonds. The maximum Gasteiger partial charge on any atom is 0.354 e. The first-order valence-corrected chi connectivity index (χ1v) is 5.04. The summed E-state index contributed by atoms with van der Waals surface area (Å²) in [6, 6.07) is 3.25. The van der Waals surface area contributed by atoms with E-state index in [0.717, 1.165) is 18.8 Å². The number of nitrogens with one attached hydrogen (secondary N) is 1. The average Bonchev–Trinajstić information content (AvgIpc) is 2.30. The molecule has 0 bridgehead atoms. The summed E-state index contributed by atoms with van der Waals surface area (Å²) in [5, 5.41) is 10.8. The molecule has 0 aromatic carbocycles. The van der Waals surface area contributed by atoms with Crippen LogP contribution in [-0.2, 0) is 4.74 Å². The molecule has 2 N–H and O–H groups in total. The van der Waals surface area contributed by atoms with Gasteiger partial charge in [-0.1, -0.05) is 0 Å². The van der Waals surface area contributed by atoms with E-state index in [1.807, 2.05) is 5.01 Å². The van der Waals surface area contributed by atoms with Crippen molar-refractivity contribution in [3.63, 3.8) is 0 Å². The molecule has 1 saturated heterocycles. The van der Waals surface area contributed by atoms with Gasteiger partial charge in [0.05, 0.1) is 18.9 Å². The first-order valence-electron chi connectivity index (χ1n) is 5.04. The summed E-state index contributed by atoms with van der Waals surface area (Å²) in [6.07, 6.45) is 1.48. The van der Waals surface area contributed by atoms with Crippen LogP contribution in [0.3, 0.4) is 0 Å². The normalized spacial score (nSPS) is 17.0. The third kappa shape index (κ3) is 2.68. The van der Waals surface area contributed by atoms with E-state index >= 15 is 0 Å². The quantitative estimate of drug-likeness (QED) is 0.774. The van der Waals surface area contributed by atoms with Gasteiger partial charge in [0.25, 0.3) is 0 Å². The number of carbonyl (C=O) groups is 1. The highest BCUT2D eigenvalue weighted by atomic mass is 16.5. The van der Waals surface area contributed by atoms with Crippen molar-refractivity contribution in [2.24, 2.45) is 0 Å². The monoisotopic (exact) mass is 223 g/mol. The topological polar surface area (TPSA) is 74.7 Å². The van der Waals surface area contributed by atoms with E-state index in [-0.39, 0.29) is 5.69 Å². The molecule has 1 aromatic rings. The fourth-order valence-electron chi connectivity index (χ4n) is 1.47. The van der Waals surface area contributed by atoms with E-state index < -0.39 is 5.97 Å². The largest absolute Gasteiger partial charge is 0.477 e. The molecule has 1 aromatic heterocycles. The van der Waals surface area contributed by atoms with Crippen LogP contribution in [0.1, 0.15) is 10.5 Å². The van der Waals surface area contributed by atoms with Crippen molar-refractivity contribution in [3.8, 4) is 0 Å². The van der Waals surface area contributed by atoms with Gasteiger partial charge in [0.2, 0.25) is 0 Å². The molecule has 0 aliphatic carbocycles. The fraction of sp³-hybridized carbons (Fsp3) is 0.400. The Balaban J connectivity index is 2.02. The number of aromatic nitrogens is 1. The van der Waals surface area contributed by atoms with Gasteiger partial charge >= 0.3 is 5.97 Å². The van der Waals surface area contributed by atoms with Crippen LogP contribution in [0.15, 0.2) is 18.3 Å². The smallest absolute Gasteiger partial charge is 0.354 e. The summed E-state index contributed by atoms with van der Waals surface area (Å²) in [5.41, 5.74) is 3.90. The number of aromatic carboxylic acids is 1. The molecule has 0 unspecified atom stereocenters. The van der Waals surface area contributed by atoms with Crippen molar-refractivity contribution in [2.45, 2.75) is 0 Å². The van der Waals surface area contributed by atoms with Crippen LogP contribution in [-0.4, -0.2) is 47.4 Å². The number of rotatable bonds is 3. The number of pyridine rings is 1. The van der Waals surface area contributed by atoms with E-state index in [1.165, 1.54) is 12.3 Å². The maximum absolute atomic E-state index is 10.7. The molecular formula is C10H13N3O3. The van der Waals surface area contributed by atoms with Gasteiger partial charge in [-0.15, -0.1) is 0 Å². The van der Waals surface area contributed by atoms with Gasteiger partial charge in [0.1, 0.15) is 5.69 Å². The summed E-state index contributed by atoms with van der Waals surface area (Å²) in [7, 11) is 0. The van der Waals surface area contributed by atoms with Crippen molar-refractivity contribution in [1.29, 1.82) is 0 Å². The third-order valence-corrected chi connectivity index (χ3v) is 2.28. The average molecular weight is 223 g/mol. The molecule has 16 heavy (non-hydrogen) atoms. The molecule has 86 valence electrons. The fourth-order valence-corrected chi connectivity index (χ4v) is 1.47. The number of ether oxygens (including phenoxy) is 1. The number of anilines is 1. The van der Waals surface area contributed by atoms with Crippen molar-refractivity contribution < 1.29 is 14.6 Å². The minimum atomic E-state index is -1.02. The highest BCUT2D eigenvalue weighted by Crippen LogP contribution is 2.10. The lowest BCUT2D eigenvalue weighted by molar-refractivity contribution is 0.0496. The number of hydrogen-bond donors (Lipinski definition) is 2. The number of morpholine rings is 1. The van der Waals surface area contributed by atoms with Crippen molar-refractivity contribution in [1.82, 2.24) is 9.99 Å². The molecule has 2 heterocycles. The predicted octanol–water partition coefficient (Wildman–Crippen LogP) is 0.439. The SMILES string of the molecule is O=C(O)c1cc(NN2CCOCC2)ccn1. The zero-order chi connectivity index (χ0) is 11.4. The summed E-state index contributed by atoms with van der Waals surface area (Å²) < 4.78 is 5.21. The van der Waals surface area contributed by atoms with E-state index in [1.54, 1.807) is 6.07 Å². The van der Waals surface area contributed by atoms with E-state index in [9.17, 15) is 4.79 Å². The molecular weight excluding hydrogens is 210 g/mol. The van der Waals surface area contributed by atoms with Crippen LogP contribution in [0, 0.1) is 0 Å². The minimum Gasteiger partial charge on any atom is -0.477 e. The van der Waals surface area contributed by atoms with Crippen molar-refractivity contribution in [3.05, 3.63) is 24.0 Å². The highest BCUT2D eigenvalue weighted by Gasteiger charge is 2.11. The van der Waals surface area contributed by atoms with E-state index in [2.05, 4.69) is 10.4 Å². The van der Waals surface area contributed by atoms with Gasteiger partial charge in [-0.25, -0.2) is 14.8 Å². The van der Waals surface area contributed by atoms with Crippen LogP contribution in [0.25, 0.3) is 0 Å². The summed E-state index contributed by atoms with van der Waals surface area (Å²) >= 11 is 0. The first-order chi connectivity index (χ1) is 7.75. The first kappa shape index (κ1) is 10.8. The van der Waals surface area contributed by atoms with Crippen molar-refractivity contribution in [2.75, 3.05) is 31.7 Å². The molecule has 1 aliphatic heterocycles. The predicted molar refractivity (Wildman–Crippen MR) is 57.2 cm³/mol. The van der Waals surface area contributed by atoms with Gasteiger partial charge in [-0.3, -0.25) is 0 Å². The summed E-state index contributed by atoms with van der Waals surface area (Å²) in [4.78, 5) is 14.5. The molecule has 2 rings (SSSR count). The zero-order valence-corrected chi connectivity index (χ0v) is 8.72. The third-order valence-electron chi connectivity index (χ3n) is 2.28. The zero-order valence-electron chi connectivity index (χ0n) is 8.72. The van der Waals surface area contributed by atoms with Gasteiger partial charge in [0.15, 0.2) is 0 Å². The molecule has 0 spiro atoms. The molecule has 6 heteroatoms. The van der Waals surface area contributed by atoms with Crippen LogP contribution in [0.5, 0.6) is 0 Å². The number of carboxylic acids is 1. The maximum atomic E-state index is 10.7. The van der Waals surface area contributed by atoms with Crippen LogP contribution < -0.4 is 5.43 Å². The Morgan fingerprint density at radius 3 is 2.94 bits per heavy atom. The van der Waals surface area contributed by atoms with Crippen LogP contribution >= 0.6 is 0 Å². The minimum absolute atomic E-state index is 0.0401. The lowest BCUT2D eigenvalue weighted by Crippen LogP contribution is -2.40. The Kier molecular flexibility index (Phi) is 3.33. The Hall–Kier alpha value is -1.66. The van der Waals surface area contributed by atoms with Gasteiger partial charge in [-0.05, 0) is 12.1 Å². The number of hydrogen-bond acceptors (Lipinski definition) is 5. The van der Waals surface area contributed by atoms with Crippen LogP contribution in [0.4, 0.5) is 5.69 Å². The van der Waals surface area contributed by atoms with Crippen LogP contribution in [0.2, 0.25) is 0 Å². The Bertz CT molecular complexity index is 377. The second-order valence-corrected chi connectivity index (χ2v) is 3.45. The van der Waals surface area contributed by atoms with Crippen molar-refractivity contribution >= 4 is 11.7 Å². The van der Waals surface area contributed by atoms with E-state index in [0.29, 0.717) is 13.2 Å². The number of hydrazine groups is 1. The second kappa shape index (κ2) is 4.91. The van der Waals surface area contributed by atoms with Gasteiger partial charge < -0.3 is 15.3 Å². The lowest BCUT2D eigenvalue weighted by Gasteiger charge is -2.27. The molecule has 0 saturated carbocycles. The Morgan fingerprint density at radius 1 is 1.50 bits per heavy atom. The second-order valence-electron chi connectivity index (χ2n) is 3.45. The summed E-state index contributed by atoms with van der Waals surface area (Å²) in [5.74, 6) is -1.02. The Morgan fingerprint density at radius 2 is 2.25 bits per heavy atom. The molecule has 6 nitrogen and oxygen atoms in total.